The van der Waals surface area contributed by atoms with Gasteiger partial charge in [0.2, 0.25) is 0 Å². The third-order valence-electron chi connectivity index (χ3n) is 2.46. The quantitative estimate of drug-likeness (QED) is 0.794. The fourth-order valence-electron chi connectivity index (χ4n) is 1.20. The number of aliphatic carboxylic acids is 1. The zero-order valence-electron chi connectivity index (χ0n) is 9.56. The Kier molecular flexibility index (Phi) is 3.90. The van der Waals surface area contributed by atoms with E-state index in [1.54, 1.807) is 0 Å². The van der Waals surface area contributed by atoms with E-state index in [2.05, 4.69) is 0 Å². The van der Waals surface area contributed by atoms with E-state index in [1.165, 1.54) is 6.92 Å². The zero-order valence-corrected chi connectivity index (χ0v) is 9.56. The van der Waals surface area contributed by atoms with Crippen molar-refractivity contribution in [2.75, 3.05) is 6.61 Å². The molecule has 0 aliphatic rings. The van der Waals surface area contributed by atoms with Gasteiger partial charge in [0.15, 0.2) is 0 Å². The average molecular weight is 223 g/mol. The van der Waals surface area contributed by atoms with E-state index in [9.17, 15) is 4.79 Å². The van der Waals surface area contributed by atoms with Crippen LogP contribution in [0.3, 0.4) is 0 Å². The van der Waals surface area contributed by atoms with Crippen LogP contribution < -0.4 is 10.5 Å². The minimum absolute atomic E-state index is 0.274. The molecule has 0 aromatic heterocycles. The van der Waals surface area contributed by atoms with Crippen LogP contribution in [-0.4, -0.2) is 23.2 Å². The third kappa shape index (κ3) is 3.24. The normalized spacial score (nSPS) is 14.2. The SMILES string of the molecule is Cc1ccccc1OCCC(C)(N)C(=O)O. The summed E-state index contributed by atoms with van der Waals surface area (Å²) in [6, 6.07) is 7.59. The molecular formula is C12H17NO3. The molecule has 16 heavy (non-hydrogen) atoms. The van der Waals surface area contributed by atoms with Crippen molar-refractivity contribution < 1.29 is 14.6 Å². The van der Waals surface area contributed by atoms with Crippen molar-refractivity contribution in [1.29, 1.82) is 0 Å². The van der Waals surface area contributed by atoms with Crippen LogP contribution in [0.1, 0.15) is 18.9 Å². The molecule has 1 aromatic rings. The summed E-state index contributed by atoms with van der Waals surface area (Å²) >= 11 is 0. The Morgan fingerprint density at radius 1 is 1.50 bits per heavy atom. The lowest BCUT2D eigenvalue weighted by Gasteiger charge is -2.19. The fraction of sp³-hybridized carbons (Fsp3) is 0.417. The standard InChI is InChI=1S/C12H17NO3/c1-9-5-3-4-6-10(9)16-8-7-12(2,13)11(14)15/h3-6H,7-8,13H2,1-2H3,(H,14,15). The van der Waals surface area contributed by atoms with E-state index < -0.39 is 11.5 Å². The summed E-state index contributed by atoms with van der Waals surface area (Å²) in [7, 11) is 0. The van der Waals surface area contributed by atoms with Gasteiger partial charge in [0, 0.05) is 6.42 Å². The number of para-hydroxylation sites is 1. The highest BCUT2D eigenvalue weighted by Gasteiger charge is 2.27. The topological polar surface area (TPSA) is 72.5 Å². The molecule has 3 N–H and O–H groups in total. The first-order valence-corrected chi connectivity index (χ1v) is 5.14. The number of rotatable bonds is 5. The summed E-state index contributed by atoms with van der Waals surface area (Å²) in [6.45, 7) is 3.72. The molecule has 0 bridgehead atoms. The maximum Gasteiger partial charge on any atom is 0.323 e. The summed E-state index contributed by atoms with van der Waals surface area (Å²) in [6.07, 6.45) is 0.274. The van der Waals surface area contributed by atoms with Gasteiger partial charge in [0.25, 0.3) is 0 Å². The van der Waals surface area contributed by atoms with Crippen LogP contribution in [0, 0.1) is 6.92 Å². The predicted molar refractivity (Wildman–Crippen MR) is 61.5 cm³/mol. The summed E-state index contributed by atoms with van der Waals surface area (Å²) < 4.78 is 5.48. The molecule has 0 aliphatic carbocycles. The number of nitrogens with two attached hydrogens (primary N) is 1. The van der Waals surface area contributed by atoms with Gasteiger partial charge in [-0.3, -0.25) is 4.79 Å². The van der Waals surface area contributed by atoms with E-state index in [0.29, 0.717) is 6.61 Å². The van der Waals surface area contributed by atoms with Crippen LogP contribution >= 0.6 is 0 Å². The van der Waals surface area contributed by atoms with Crippen molar-refractivity contribution in [3.05, 3.63) is 29.8 Å². The molecule has 0 fully saturated rings. The van der Waals surface area contributed by atoms with E-state index in [-0.39, 0.29) is 6.42 Å². The molecular weight excluding hydrogens is 206 g/mol. The molecule has 1 rings (SSSR count). The molecule has 0 saturated heterocycles. The van der Waals surface area contributed by atoms with Crippen LogP contribution in [0.2, 0.25) is 0 Å². The van der Waals surface area contributed by atoms with Crippen molar-refractivity contribution in [1.82, 2.24) is 0 Å². The monoisotopic (exact) mass is 223 g/mol. The molecule has 1 unspecified atom stereocenters. The summed E-state index contributed by atoms with van der Waals surface area (Å²) in [4.78, 5) is 10.7. The van der Waals surface area contributed by atoms with Gasteiger partial charge in [-0.2, -0.15) is 0 Å². The van der Waals surface area contributed by atoms with Gasteiger partial charge in [-0.15, -0.1) is 0 Å². The van der Waals surface area contributed by atoms with E-state index in [4.69, 9.17) is 15.6 Å². The Bertz CT molecular complexity index is 374. The first-order valence-electron chi connectivity index (χ1n) is 5.14. The molecule has 1 aromatic carbocycles. The molecule has 0 heterocycles. The summed E-state index contributed by atoms with van der Waals surface area (Å²) in [5.74, 6) is -0.246. The number of carboxylic acid groups (broad SMARTS) is 1. The van der Waals surface area contributed by atoms with Crippen LogP contribution in [0.4, 0.5) is 0 Å². The molecule has 1 atom stereocenters. The maximum atomic E-state index is 10.7. The average Bonchev–Trinajstić information content (AvgIpc) is 2.20. The zero-order chi connectivity index (χ0) is 12.2. The maximum absolute atomic E-state index is 10.7. The minimum Gasteiger partial charge on any atom is -0.493 e. The molecule has 0 saturated carbocycles. The molecule has 0 spiro atoms. The molecule has 0 aliphatic heterocycles. The van der Waals surface area contributed by atoms with Crippen LogP contribution in [0.25, 0.3) is 0 Å². The highest BCUT2D eigenvalue weighted by atomic mass is 16.5. The first kappa shape index (κ1) is 12.5. The Morgan fingerprint density at radius 3 is 2.69 bits per heavy atom. The van der Waals surface area contributed by atoms with Gasteiger partial charge < -0.3 is 15.6 Å². The lowest BCUT2D eigenvalue weighted by Crippen LogP contribution is -2.45. The van der Waals surface area contributed by atoms with Crippen molar-refractivity contribution >= 4 is 5.97 Å². The minimum atomic E-state index is -1.23. The number of aryl methyl sites for hydroxylation is 1. The van der Waals surface area contributed by atoms with Gasteiger partial charge in [-0.1, -0.05) is 18.2 Å². The van der Waals surface area contributed by atoms with Crippen LogP contribution in [0.5, 0.6) is 5.75 Å². The van der Waals surface area contributed by atoms with Gasteiger partial charge in [0.1, 0.15) is 11.3 Å². The number of carboxylic acids is 1. The van der Waals surface area contributed by atoms with Crippen molar-refractivity contribution in [2.24, 2.45) is 5.73 Å². The van der Waals surface area contributed by atoms with E-state index >= 15 is 0 Å². The summed E-state index contributed by atoms with van der Waals surface area (Å²) in [5, 5.41) is 8.81. The fourth-order valence-corrected chi connectivity index (χ4v) is 1.20. The highest BCUT2D eigenvalue weighted by Crippen LogP contribution is 2.17. The largest absolute Gasteiger partial charge is 0.493 e. The number of benzene rings is 1. The third-order valence-corrected chi connectivity index (χ3v) is 2.46. The summed E-state index contributed by atoms with van der Waals surface area (Å²) in [5.41, 5.74) is 5.37. The number of carbonyl (C=O) groups is 1. The number of hydrogen-bond acceptors (Lipinski definition) is 3. The van der Waals surface area contributed by atoms with Crippen molar-refractivity contribution in [3.63, 3.8) is 0 Å². The number of hydrogen-bond donors (Lipinski definition) is 2. The van der Waals surface area contributed by atoms with Crippen molar-refractivity contribution in [3.8, 4) is 5.75 Å². The second-order valence-corrected chi connectivity index (χ2v) is 4.09. The lowest BCUT2D eigenvalue weighted by molar-refractivity contribution is -0.143. The smallest absolute Gasteiger partial charge is 0.323 e. The molecule has 4 heteroatoms. The van der Waals surface area contributed by atoms with Crippen molar-refractivity contribution in [2.45, 2.75) is 25.8 Å². The van der Waals surface area contributed by atoms with E-state index in [1.807, 2.05) is 31.2 Å². The Balaban J connectivity index is 2.48. The number of ether oxygens (including phenoxy) is 1. The molecule has 4 nitrogen and oxygen atoms in total. The molecule has 88 valence electrons. The predicted octanol–water partition coefficient (Wildman–Crippen LogP) is 1.57. The lowest BCUT2D eigenvalue weighted by atomic mass is 10.0. The van der Waals surface area contributed by atoms with Gasteiger partial charge in [-0.25, -0.2) is 0 Å². The Morgan fingerprint density at radius 2 is 2.12 bits per heavy atom. The molecule has 0 radical (unpaired) electrons. The van der Waals surface area contributed by atoms with Gasteiger partial charge in [-0.05, 0) is 25.5 Å². The van der Waals surface area contributed by atoms with Gasteiger partial charge >= 0.3 is 5.97 Å². The van der Waals surface area contributed by atoms with E-state index in [0.717, 1.165) is 11.3 Å². The first-order chi connectivity index (χ1) is 7.43. The van der Waals surface area contributed by atoms with Gasteiger partial charge in [0.05, 0.1) is 6.61 Å². The highest BCUT2D eigenvalue weighted by molar-refractivity contribution is 5.77. The second kappa shape index (κ2) is 4.99. The van der Waals surface area contributed by atoms with Crippen LogP contribution in [-0.2, 0) is 4.79 Å². The Labute approximate surface area is 95.0 Å². The molecule has 0 amide bonds. The van der Waals surface area contributed by atoms with Crippen LogP contribution in [0.15, 0.2) is 24.3 Å². The Hall–Kier alpha value is -1.55. The second-order valence-electron chi connectivity index (χ2n) is 4.09.